The largest absolute Gasteiger partial charge is 0.481 e. The summed E-state index contributed by atoms with van der Waals surface area (Å²) in [6, 6.07) is 6.80. The fourth-order valence-electron chi connectivity index (χ4n) is 1.97. The third-order valence-corrected chi connectivity index (χ3v) is 3.25. The lowest BCUT2D eigenvalue weighted by molar-refractivity contribution is -0.140. The van der Waals surface area contributed by atoms with E-state index in [1.54, 1.807) is 38.1 Å². The number of carbonyl (C=O) groups excluding carboxylic acids is 1. The Bertz CT molecular complexity index is 536. The summed E-state index contributed by atoms with van der Waals surface area (Å²) in [6.07, 6.45) is -1.09. The number of benzene rings is 1. The van der Waals surface area contributed by atoms with Crippen molar-refractivity contribution in [1.29, 1.82) is 0 Å². The lowest BCUT2D eigenvalue weighted by Crippen LogP contribution is -2.54. The topological polar surface area (TPSA) is 84.9 Å². The molecule has 2 N–H and O–H groups in total. The van der Waals surface area contributed by atoms with Gasteiger partial charge in [0.1, 0.15) is 5.75 Å². The van der Waals surface area contributed by atoms with Crippen LogP contribution in [0.2, 0.25) is 5.02 Å². The number of aliphatic carboxylic acids is 1. The predicted molar refractivity (Wildman–Crippen MR) is 82.2 cm³/mol. The summed E-state index contributed by atoms with van der Waals surface area (Å²) in [5.41, 5.74) is -1.02. The number of nitrogens with one attached hydrogen (secondary N) is 1. The van der Waals surface area contributed by atoms with Crippen molar-refractivity contribution in [3.8, 4) is 5.75 Å². The van der Waals surface area contributed by atoms with Crippen molar-refractivity contribution in [2.75, 3.05) is 13.7 Å². The first kappa shape index (κ1) is 18.3. The fraction of sp³-hybridized carbons (Fsp3) is 0.467. The number of para-hydroxylation sites is 1. The van der Waals surface area contributed by atoms with Crippen molar-refractivity contribution in [2.24, 2.45) is 0 Å². The molecule has 0 saturated heterocycles. The van der Waals surface area contributed by atoms with Crippen molar-refractivity contribution < 1.29 is 24.2 Å². The Balaban J connectivity index is 2.73. The minimum absolute atomic E-state index is 0.0733. The van der Waals surface area contributed by atoms with E-state index in [0.29, 0.717) is 10.8 Å². The first-order valence-electron chi connectivity index (χ1n) is 6.71. The lowest BCUT2D eigenvalue weighted by atomic mass is 9.98. The van der Waals surface area contributed by atoms with Crippen LogP contribution in [0.25, 0.3) is 0 Å². The van der Waals surface area contributed by atoms with Gasteiger partial charge in [-0.2, -0.15) is 0 Å². The Morgan fingerprint density at radius 1 is 1.41 bits per heavy atom. The van der Waals surface area contributed by atoms with Crippen molar-refractivity contribution in [3.05, 3.63) is 29.3 Å². The minimum atomic E-state index is -1.03. The Morgan fingerprint density at radius 2 is 2.05 bits per heavy atom. The zero-order chi connectivity index (χ0) is 16.8. The van der Waals surface area contributed by atoms with E-state index < -0.39 is 23.5 Å². The molecule has 0 aromatic heterocycles. The summed E-state index contributed by atoms with van der Waals surface area (Å²) in [5.74, 6) is -1.08. The maximum absolute atomic E-state index is 12.2. The van der Waals surface area contributed by atoms with Crippen LogP contribution in [-0.2, 0) is 14.3 Å². The van der Waals surface area contributed by atoms with Gasteiger partial charge in [0.2, 0.25) is 0 Å². The molecule has 0 bridgehead atoms. The SMILES string of the molecule is COCC(C)(CC(=O)O)NC(=O)C(C)Oc1ccccc1Cl. The Kier molecular flexibility index (Phi) is 6.64. The number of hydrogen-bond donors (Lipinski definition) is 2. The summed E-state index contributed by atoms with van der Waals surface area (Å²) in [7, 11) is 1.44. The van der Waals surface area contributed by atoms with Gasteiger partial charge in [-0.15, -0.1) is 0 Å². The number of halogens is 1. The molecular formula is C15H20ClNO5. The second-order valence-corrected chi connectivity index (χ2v) is 5.65. The lowest BCUT2D eigenvalue weighted by Gasteiger charge is -2.30. The molecule has 6 nitrogen and oxygen atoms in total. The zero-order valence-electron chi connectivity index (χ0n) is 12.8. The van der Waals surface area contributed by atoms with E-state index in [1.807, 2.05) is 0 Å². The van der Waals surface area contributed by atoms with Gasteiger partial charge < -0.3 is 19.9 Å². The minimum Gasteiger partial charge on any atom is -0.481 e. The number of rotatable bonds is 8. The molecule has 0 spiro atoms. The molecule has 1 aromatic carbocycles. The molecule has 1 aromatic rings. The van der Waals surface area contributed by atoms with Crippen LogP contribution in [0.15, 0.2) is 24.3 Å². The van der Waals surface area contributed by atoms with Gasteiger partial charge in [0.15, 0.2) is 6.10 Å². The van der Waals surface area contributed by atoms with Gasteiger partial charge in [-0.05, 0) is 26.0 Å². The number of carbonyl (C=O) groups is 2. The maximum Gasteiger partial charge on any atom is 0.305 e. The van der Waals surface area contributed by atoms with Crippen LogP contribution in [0.1, 0.15) is 20.3 Å². The van der Waals surface area contributed by atoms with Crippen LogP contribution in [0.5, 0.6) is 5.75 Å². The van der Waals surface area contributed by atoms with Crippen molar-refractivity contribution in [3.63, 3.8) is 0 Å². The number of hydrogen-bond acceptors (Lipinski definition) is 4. The van der Waals surface area contributed by atoms with Crippen LogP contribution in [0.4, 0.5) is 0 Å². The monoisotopic (exact) mass is 329 g/mol. The number of carboxylic acids is 1. The predicted octanol–water partition coefficient (Wildman–Crippen LogP) is 2.10. The van der Waals surface area contributed by atoms with E-state index in [9.17, 15) is 9.59 Å². The summed E-state index contributed by atoms with van der Waals surface area (Å²) >= 11 is 5.97. The van der Waals surface area contributed by atoms with Gasteiger partial charge in [0, 0.05) is 7.11 Å². The molecule has 22 heavy (non-hydrogen) atoms. The van der Waals surface area contributed by atoms with Crippen molar-refractivity contribution in [2.45, 2.75) is 31.9 Å². The third kappa shape index (κ3) is 5.54. The average Bonchev–Trinajstić information content (AvgIpc) is 2.40. The second-order valence-electron chi connectivity index (χ2n) is 5.24. The number of methoxy groups -OCH3 is 1. The molecule has 0 aliphatic carbocycles. The van der Waals surface area contributed by atoms with Crippen molar-refractivity contribution >= 4 is 23.5 Å². The molecule has 0 aliphatic heterocycles. The van der Waals surface area contributed by atoms with Crippen molar-refractivity contribution in [1.82, 2.24) is 5.32 Å². The van der Waals surface area contributed by atoms with E-state index in [-0.39, 0.29) is 13.0 Å². The molecule has 122 valence electrons. The van der Waals surface area contributed by atoms with E-state index in [2.05, 4.69) is 5.32 Å². The fourth-order valence-corrected chi connectivity index (χ4v) is 2.15. The highest BCUT2D eigenvalue weighted by atomic mass is 35.5. The summed E-state index contributed by atoms with van der Waals surface area (Å²) in [4.78, 5) is 23.1. The Hall–Kier alpha value is -1.79. The highest BCUT2D eigenvalue weighted by Crippen LogP contribution is 2.24. The third-order valence-electron chi connectivity index (χ3n) is 2.94. The van der Waals surface area contributed by atoms with Crippen LogP contribution >= 0.6 is 11.6 Å². The van der Waals surface area contributed by atoms with E-state index in [1.165, 1.54) is 7.11 Å². The zero-order valence-corrected chi connectivity index (χ0v) is 13.5. The average molecular weight is 330 g/mol. The summed E-state index contributed by atoms with van der Waals surface area (Å²) in [5, 5.41) is 12.0. The number of ether oxygens (including phenoxy) is 2. The molecule has 1 rings (SSSR count). The smallest absolute Gasteiger partial charge is 0.305 e. The van der Waals surface area contributed by atoms with Gasteiger partial charge >= 0.3 is 5.97 Å². The second kappa shape index (κ2) is 8.00. The Morgan fingerprint density at radius 3 is 2.59 bits per heavy atom. The van der Waals surface area contributed by atoms with Gasteiger partial charge in [-0.25, -0.2) is 0 Å². The Labute approximate surface area is 134 Å². The molecular weight excluding hydrogens is 310 g/mol. The van der Waals surface area contributed by atoms with Gasteiger partial charge in [-0.3, -0.25) is 9.59 Å². The quantitative estimate of drug-likeness (QED) is 0.763. The summed E-state index contributed by atoms with van der Waals surface area (Å²) < 4.78 is 10.5. The highest BCUT2D eigenvalue weighted by molar-refractivity contribution is 6.32. The first-order valence-corrected chi connectivity index (χ1v) is 7.09. The van der Waals surface area contributed by atoms with Gasteiger partial charge in [0.25, 0.3) is 5.91 Å². The molecule has 0 aliphatic rings. The van der Waals surface area contributed by atoms with Crippen LogP contribution in [-0.4, -0.2) is 42.3 Å². The molecule has 7 heteroatoms. The molecule has 2 unspecified atom stereocenters. The van der Waals surface area contributed by atoms with E-state index >= 15 is 0 Å². The molecule has 0 radical (unpaired) electrons. The van der Waals surface area contributed by atoms with E-state index in [0.717, 1.165) is 0 Å². The standard InChI is InChI=1S/C15H20ClNO5/c1-10(22-12-7-5-4-6-11(12)16)14(20)17-15(2,9-21-3)8-13(18)19/h4-7,10H,8-9H2,1-3H3,(H,17,20)(H,18,19). The number of carboxylic acid groups (broad SMARTS) is 1. The molecule has 0 saturated carbocycles. The van der Waals surface area contributed by atoms with Crippen LogP contribution < -0.4 is 10.1 Å². The van der Waals surface area contributed by atoms with E-state index in [4.69, 9.17) is 26.2 Å². The normalized spacial score (nSPS) is 14.7. The molecule has 2 atom stereocenters. The van der Waals surface area contributed by atoms with Crippen LogP contribution in [0.3, 0.4) is 0 Å². The molecule has 0 fully saturated rings. The maximum atomic E-state index is 12.2. The number of amides is 1. The molecule has 0 heterocycles. The van der Waals surface area contributed by atoms with Crippen LogP contribution in [0, 0.1) is 0 Å². The van der Waals surface area contributed by atoms with Gasteiger partial charge in [-0.1, -0.05) is 23.7 Å². The molecule has 1 amide bonds. The van der Waals surface area contributed by atoms with Gasteiger partial charge in [0.05, 0.1) is 23.6 Å². The highest BCUT2D eigenvalue weighted by Gasteiger charge is 2.31. The summed E-state index contributed by atoms with van der Waals surface area (Å²) in [6.45, 7) is 3.24. The first-order chi connectivity index (χ1) is 10.3.